The first-order valence-corrected chi connectivity index (χ1v) is 11.6. The Morgan fingerprint density at radius 2 is 1.50 bits per heavy atom. The van der Waals surface area contributed by atoms with Gasteiger partial charge in [-0.05, 0) is 38.5 Å². The molecule has 26 heavy (non-hydrogen) atoms. The van der Waals surface area contributed by atoms with Crippen LogP contribution in [0.4, 0.5) is 0 Å². The van der Waals surface area contributed by atoms with E-state index in [-0.39, 0.29) is 24.2 Å². The molecule has 0 aromatic heterocycles. The number of piperazine rings is 1. The molecule has 1 amide bonds. The standard InChI is InChI=1S/C18H31N3O3S.ClH/c22-18(14-5-1-2-6-14)20-10-4-9-17(13-20)25(23,24)21-11-15-7-3-8-16(12-21)19-15;/h14-17,19H,1-13H2;1H. The van der Waals surface area contributed by atoms with Crippen LogP contribution in [0.25, 0.3) is 0 Å². The summed E-state index contributed by atoms with van der Waals surface area (Å²) in [5, 5.41) is 3.14. The quantitative estimate of drug-likeness (QED) is 0.776. The van der Waals surface area contributed by atoms with Gasteiger partial charge in [0.05, 0.1) is 5.25 Å². The second-order valence-corrected chi connectivity index (χ2v) is 10.6. The summed E-state index contributed by atoms with van der Waals surface area (Å²) in [7, 11) is -3.32. The third kappa shape index (κ3) is 4.05. The molecule has 1 aliphatic carbocycles. The molecule has 0 aromatic carbocycles. The lowest BCUT2D eigenvalue weighted by Crippen LogP contribution is -2.62. The fourth-order valence-corrected chi connectivity index (χ4v) is 7.23. The molecule has 3 heterocycles. The zero-order valence-electron chi connectivity index (χ0n) is 15.4. The Balaban J connectivity index is 0.00000196. The first-order chi connectivity index (χ1) is 12.0. The predicted octanol–water partition coefficient (Wildman–Crippen LogP) is 1.75. The molecule has 8 heteroatoms. The van der Waals surface area contributed by atoms with Gasteiger partial charge in [-0.1, -0.05) is 19.3 Å². The van der Waals surface area contributed by atoms with E-state index in [9.17, 15) is 13.2 Å². The van der Waals surface area contributed by atoms with Crippen molar-refractivity contribution in [3.63, 3.8) is 0 Å². The van der Waals surface area contributed by atoms with E-state index < -0.39 is 15.3 Å². The maximum atomic E-state index is 13.2. The van der Waals surface area contributed by atoms with E-state index in [1.165, 1.54) is 6.42 Å². The van der Waals surface area contributed by atoms with Gasteiger partial charge in [0, 0.05) is 44.2 Å². The number of fused-ring (bicyclic) bond motifs is 2. The Kier molecular flexibility index (Phi) is 6.53. The van der Waals surface area contributed by atoms with Crippen LogP contribution in [-0.2, 0) is 14.8 Å². The molecular weight excluding hydrogens is 374 g/mol. The van der Waals surface area contributed by atoms with Crippen molar-refractivity contribution in [2.75, 3.05) is 26.2 Å². The second kappa shape index (κ2) is 8.33. The summed E-state index contributed by atoms with van der Waals surface area (Å²) >= 11 is 0. The van der Waals surface area contributed by atoms with Crippen LogP contribution in [0.15, 0.2) is 0 Å². The van der Waals surface area contributed by atoms with Crippen LogP contribution in [0.3, 0.4) is 0 Å². The highest BCUT2D eigenvalue weighted by Crippen LogP contribution is 2.30. The molecule has 3 unspecified atom stereocenters. The molecule has 4 aliphatic rings. The van der Waals surface area contributed by atoms with E-state index in [2.05, 4.69) is 5.32 Å². The van der Waals surface area contributed by atoms with Crippen molar-refractivity contribution >= 4 is 28.3 Å². The van der Waals surface area contributed by atoms with Crippen molar-refractivity contribution in [2.24, 2.45) is 5.92 Å². The third-order valence-corrected chi connectivity index (χ3v) is 8.85. The number of nitrogens with one attached hydrogen (secondary N) is 1. The van der Waals surface area contributed by atoms with E-state index in [0.717, 1.165) is 51.5 Å². The Morgan fingerprint density at radius 1 is 0.846 bits per heavy atom. The van der Waals surface area contributed by atoms with E-state index >= 15 is 0 Å². The van der Waals surface area contributed by atoms with Gasteiger partial charge in [0.15, 0.2) is 0 Å². The van der Waals surface area contributed by atoms with Crippen LogP contribution >= 0.6 is 12.4 Å². The van der Waals surface area contributed by atoms with Gasteiger partial charge in [0.25, 0.3) is 0 Å². The number of nitrogens with zero attached hydrogens (tertiary/aromatic N) is 2. The number of likely N-dealkylation sites (tertiary alicyclic amines) is 1. The minimum Gasteiger partial charge on any atom is -0.341 e. The van der Waals surface area contributed by atoms with Crippen molar-refractivity contribution in [2.45, 2.75) is 75.1 Å². The lowest BCUT2D eigenvalue weighted by Gasteiger charge is -2.44. The Hall–Kier alpha value is -0.370. The van der Waals surface area contributed by atoms with Crippen molar-refractivity contribution in [1.82, 2.24) is 14.5 Å². The summed E-state index contributed by atoms with van der Waals surface area (Å²) in [5.74, 6) is 0.342. The summed E-state index contributed by atoms with van der Waals surface area (Å²) in [4.78, 5) is 14.6. The molecular formula is C18H32ClN3O3S. The van der Waals surface area contributed by atoms with Crippen molar-refractivity contribution in [3.8, 4) is 0 Å². The molecule has 150 valence electrons. The van der Waals surface area contributed by atoms with Gasteiger partial charge in [-0.15, -0.1) is 12.4 Å². The minimum atomic E-state index is -3.32. The Labute approximate surface area is 163 Å². The molecule has 2 bridgehead atoms. The molecule has 0 radical (unpaired) electrons. The maximum Gasteiger partial charge on any atom is 0.225 e. The number of piperidine rings is 2. The highest BCUT2D eigenvalue weighted by Gasteiger charge is 2.42. The second-order valence-electron chi connectivity index (χ2n) is 8.38. The highest BCUT2D eigenvalue weighted by atomic mass is 35.5. The molecule has 0 aromatic rings. The van der Waals surface area contributed by atoms with Crippen LogP contribution in [0.2, 0.25) is 0 Å². The third-order valence-electron chi connectivity index (χ3n) is 6.60. The largest absolute Gasteiger partial charge is 0.341 e. The summed E-state index contributed by atoms with van der Waals surface area (Å²) in [6.07, 6.45) is 9.06. The maximum absolute atomic E-state index is 13.2. The first kappa shape index (κ1) is 20.4. The number of hydrogen-bond acceptors (Lipinski definition) is 4. The van der Waals surface area contributed by atoms with Gasteiger partial charge >= 0.3 is 0 Å². The van der Waals surface area contributed by atoms with Gasteiger partial charge in [-0.25, -0.2) is 8.42 Å². The van der Waals surface area contributed by atoms with Gasteiger partial charge in [-0.3, -0.25) is 4.79 Å². The SMILES string of the molecule is Cl.O=C(C1CCCC1)N1CCCC(S(=O)(=O)N2CC3CCCC(C2)N3)C1. The monoisotopic (exact) mass is 405 g/mol. The molecule has 1 saturated carbocycles. The smallest absolute Gasteiger partial charge is 0.225 e. The highest BCUT2D eigenvalue weighted by molar-refractivity contribution is 7.89. The van der Waals surface area contributed by atoms with Crippen LogP contribution < -0.4 is 5.32 Å². The van der Waals surface area contributed by atoms with E-state index in [1.54, 1.807) is 4.31 Å². The van der Waals surface area contributed by atoms with E-state index in [4.69, 9.17) is 0 Å². The number of carbonyl (C=O) groups excluding carboxylic acids is 1. The van der Waals surface area contributed by atoms with E-state index in [0.29, 0.717) is 38.1 Å². The van der Waals surface area contributed by atoms with Crippen LogP contribution in [0, 0.1) is 5.92 Å². The normalized spacial score (nSPS) is 33.7. The van der Waals surface area contributed by atoms with Crippen LogP contribution in [0.1, 0.15) is 57.8 Å². The molecule has 4 rings (SSSR count). The van der Waals surface area contributed by atoms with Crippen molar-refractivity contribution < 1.29 is 13.2 Å². The molecule has 3 saturated heterocycles. The van der Waals surface area contributed by atoms with Gasteiger partial charge in [-0.2, -0.15) is 4.31 Å². The fourth-order valence-electron chi connectivity index (χ4n) is 5.20. The molecule has 3 aliphatic heterocycles. The van der Waals surface area contributed by atoms with Gasteiger partial charge in [0.1, 0.15) is 0 Å². The summed E-state index contributed by atoms with van der Waals surface area (Å²) in [6, 6.07) is 0.615. The number of carbonyl (C=O) groups is 1. The van der Waals surface area contributed by atoms with Crippen LogP contribution in [-0.4, -0.2) is 67.0 Å². The number of hydrogen-bond donors (Lipinski definition) is 1. The average Bonchev–Trinajstić information content (AvgIpc) is 3.15. The lowest BCUT2D eigenvalue weighted by atomic mass is 9.96. The Bertz CT molecular complexity index is 597. The van der Waals surface area contributed by atoms with Crippen molar-refractivity contribution in [3.05, 3.63) is 0 Å². The average molecular weight is 406 g/mol. The number of rotatable bonds is 3. The number of halogens is 1. The fraction of sp³-hybridized carbons (Fsp3) is 0.944. The van der Waals surface area contributed by atoms with Crippen LogP contribution in [0.5, 0.6) is 0 Å². The van der Waals surface area contributed by atoms with Crippen molar-refractivity contribution in [1.29, 1.82) is 0 Å². The van der Waals surface area contributed by atoms with Gasteiger partial charge < -0.3 is 10.2 Å². The summed E-state index contributed by atoms with van der Waals surface area (Å²) < 4.78 is 28.2. The Morgan fingerprint density at radius 3 is 2.15 bits per heavy atom. The number of amides is 1. The topological polar surface area (TPSA) is 69.7 Å². The zero-order valence-corrected chi connectivity index (χ0v) is 17.1. The molecule has 0 spiro atoms. The minimum absolute atomic E-state index is 0. The molecule has 1 N–H and O–H groups in total. The summed E-state index contributed by atoms with van der Waals surface area (Å²) in [6.45, 7) is 2.34. The molecule has 6 nitrogen and oxygen atoms in total. The molecule has 3 atom stereocenters. The van der Waals surface area contributed by atoms with Gasteiger partial charge in [0.2, 0.25) is 15.9 Å². The first-order valence-electron chi connectivity index (χ1n) is 10.1. The zero-order chi connectivity index (χ0) is 17.4. The lowest BCUT2D eigenvalue weighted by molar-refractivity contribution is -0.136. The molecule has 4 fully saturated rings. The predicted molar refractivity (Wildman–Crippen MR) is 104 cm³/mol. The van der Waals surface area contributed by atoms with E-state index in [1.807, 2.05) is 4.90 Å². The number of sulfonamides is 1. The summed E-state index contributed by atoms with van der Waals surface area (Å²) in [5.41, 5.74) is 0.